The zero-order chi connectivity index (χ0) is 26.7. The quantitative estimate of drug-likeness (QED) is 0.491. The summed E-state index contributed by atoms with van der Waals surface area (Å²) in [6.07, 6.45) is -9.81. The highest BCUT2D eigenvalue weighted by Gasteiger charge is 2.44. The van der Waals surface area contributed by atoms with Gasteiger partial charge >= 0.3 is 12.4 Å². The number of benzene rings is 2. The maximum Gasteiger partial charge on any atom is 0.416 e. The summed E-state index contributed by atoms with van der Waals surface area (Å²) in [5, 5.41) is 0. The Bertz CT molecular complexity index is 1010. The van der Waals surface area contributed by atoms with E-state index in [2.05, 4.69) is 0 Å². The van der Waals surface area contributed by atoms with Gasteiger partial charge in [0.05, 0.1) is 35.9 Å². The summed E-state index contributed by atoms with van der Waals surface area (Å²) >= 11 is 0. The zero-order valence-electron chi connectivity index (χ0n) is 19.7. The average Bonchev–Trinajstić information content (AvgIpc) is 2.82. The van der Waals surface area contributed by atoms with Gasteiger partial charge in [-0.25, -0.2) is 0 Å². The van der Waals surface area contributed by atoms with Gasteiger partial charge in [-0.3, -0.25) is 9.69 Å². The maximum absolute atomic E-state index is 13.3. The minimum atomic E-state index is -4.96. The van der Waals surface area contributed by atoms with Crippen molar-refractivity contribution in [3.8, 4) is 0 Å². The third kappa shape index (κ3) is 6.37. The van der Waals surface area contributed by atoms with Crippen LogP contribution in [0.5, 0.6) is 0 Å². The van der Waals surface area contributed by atoms with E-state index < -0.39 is 41.0 Å². The largest absolute Gasteiger partial charge is 0.416 e. The molecule has 0 spiro atoms. The van der Waals surface area contributed by atoms with Crippen molar-refractivity contribution < 1.29 is 35.9 Å². The molecule has 3 rings (SSSR count). The molecule has 1 aliphatic heterocycles. The lowest BCUT2D eigenvalue weighted by molar-refractivity contribution is -0.143. The number of carbonyl (C=O) groups is 1. The molecule has 1 heterocycles. The van der Waals surface area contributed by atoms with E-state index in [9.17, 15) is 31.1 Å². The SMILES string of the molecule is C[C@@H](OC[C@@]1(c2ccccc2)CC[C@H](CN)CN1CC(N)=O)c1cc(C(F)(F)F)cc(C(F)(F)F)c1. The fraction of sp³-hybridized carbons (Fsp3) is 0.480. The van der Waals surface area contributed by atoms with Gasteiger partial charge in [0.2, 0.25) is 5.91 Å². The molecule has 3 atom stereocenters. The number of nitrogens with two attached hydrogens (primary N) is 2. The summed E-state index contributed by atoms with van der Waals surface area (Å²) in [7, 11) is 0. The molecule has 1 saturated heterocycles. The number of hydrogen-bond donors (Lipinski definition) is 2. The molecule has 1 amide bonds. The second-order valence-electron chi connectivity index (χ2n) is 9.18. The van der Waals surface area contributed by atoms with Gasteiger partial charge < -0.3 is 16.2 Å². The van der Waals surface area contributed by atoms with E-state index in [1.54, 1.807) is 12.1 Å². The van der Waals surface area contributed by atoms with Gasteiger partial charge in [-0.05, 0) is 61.6 Å². The third-order valence-electron chi connectivity index (χ3n) is 6.69. The number of primary amides is 1. The van der Waals surface area contributed by atoms with Crippen molar-refractivity contribution in [1.82, 2.24) is 4.90 Å². The molecule has 5 nitrogen and oxygen atoms in total. The molecule has 198 valence electrons. The van der Waals surface area contributed by atoms with Crippen LogP contribution >= 0.6 is 0 Å². The molecule has 0 radical (unpaired) electrons. The van der Waals surface area contributed by atoms with Gasteiger partial charge in [0.15, 0.2) is 0 Å². The van der Waals surface area contributed by atoms with Crippen LogP contribution in [0.15, 0.2) is 48.5 Å². The Hall–Kier alpha value is -2.63. The number of piperidine rings is 1. The van der Waals surface area contributed by atoms with Crippen LogP contribution in [0.25, 0.3) is 0 Å². The Kier molecular flexibility index (Phi) is 8.37. The summed E-state index contributed by atoms with van der Waals surface area (Å²) in [5.74, 6) is -0.481. The third-order valence-corrected chi connectivity index (χ3v) is 6.69. The number of hydrogen-bond acceptors (Lipinski definition) is 4. The van der Waals surface area contributed by atoms with Crippen LogP contribution in [0.1, 0.15) is 48.1 Å². The first kappa shape index (κ1) is 27.9. The van der Waals surface area contributed by atoms with Crippen LogP contribution in [0.4, 0.5) is 26.3 Å². The molecule has 0 aliphatic carbocycles. The van der Waals surface area contributed by atoms with Crippen LogP contribution in [0.2, 0.25) is 0 Å². The predicted octanol–water partition coefficient (Wildman–Crippen LogP) is 4.85. The minimum absolute atomic E-state index is 0.0830. The van der Waals surface area contributed by atoms with Crippen LogP contribution < -0.4 is 11.5 Å². The van der Waals surface area contributed by atoms with Crippen molar-refractivity contribution in [3.63, 3.8) is 0 Å². The summed E-state index contributed by atoms with van der Waals surface area (Å²) in [6, 6.07) is 10.5. The number of ether oxygens (including phenoxy) is 1. The second kappa shape index (κ2) is 10.8. The molecular weight excluding hydrogens is 488 g/mol. The van der Waals surface area contributed by atoms with Crippen molar-refractivity contribution in [3.05, 3.63) is 70.8 Å². The number of amides is 1. The Morgan fingerprint density at radius 1 is 1.08 bits per heavy atom. The van der Waals surface area contributed by atoms with Crippen molar-refractivity contribution in [2.24, 2.45) is 17.4 Å². The van der Waals surface area contributed by atoms with Gasteiger partial charge in [-0.2, -0.15) is 26.3 Å². The second-order valence-corrected chi connectivity index (χ2v) is 9.18. The fourth-order valence-electron chi connectivity index (χ4n) is 4.67. The summed E-state index contributed by atoms with van der Waals surface area (Å²) in [5.41, 5.74) is 8.24. The highest BCUT2D eigenvalue weighted by molar-refractivity contribution is 5.76. The first-order valence-corrected chi connectivity index (χ1v) is 11.5. The van der Waals surface area contributed by atoms with E-state index in [1.807, 2.05) is 23.1 Å². The number of nitrogens with zero attached hydrogens (tertiary/aromatic N) is 1. The first-order valence-electron chi connectivity index (χ1n) is 11.5. The molecule has 2 aromatic rings. The lowest BCUT2D eigenvalue weighted by Crippen LogP contribution is -2.57. The van der Waals surface area contributed by atoms with E-state index in [-0.39, 0.29) is 30.7 Å². The smallest absolute Gasteiger partial charge is 0.372 e. The molecule has 0 unspecified atom stereocenters. The molecule has 0 saturated carbocycles. The standard InChI is InChI=1S/C25H29F6N3O2/c1-16(18-9-20(24(26,27)28)11-21(10-18)25(29,30)31)36-15-23(19-5-3-2-4-6-19)8-7-17(12-32)13-34(23)14-22(33)35/h2-6,9-11,16-17H,7-8,12-15,32H2,1H3,(H2,33,35)/t16-,17-,23-/m1/s1. The van der Waals surface area contributed by atoms with Crippen molar-refractivity contribution in [1.29, 1.82) is 0 Å². The van der Waals surface area contributed by atoms with Gasteiger partial charge in [-0.1, -0.05) is 30.3 Å². The molecule has 36 heavy (non-hydrogen) atoms. The van der Waals surface area contributed by atoms with Gasteiger partial charge in [0.25, 0.3) is 0 Å². The predicted molar refractivity (Wildman–Crippen MR) is 121 cm³/mol. The van der Waals surface area contributed by atoms with Crippen LogP contribution in [0, 0.1) is 5.92 Å². The molecular formula is C25H29F6N3O2. The van der Waals surface area contributed by atoms with Crippen LogP contribution in [-0.2, 0) is 27.4 Å². The zero-order valence-corrected chi connectivity index (χ0v) is 19.7. The summed E-state index contributed by atoms with van der Waals surface area (Å²) in [6.45, 7) is 2.04. The van der Waals surface area contributed by atoms with Gasteiger partial charge in [0, 0.05) is 6.54 Å². The number of halogens is 6. The molecule has 4 N–H and O–H groups in total. The van der Waals surface area contributed by atoms with Crippen molar-refractivity contribution in [2.75, 3.05) is 26.2 Å². The van der Waals surface area contributed by atoms with Crippen molar-refractivity contribution >= 4 is 5.91 Å². The molecule has 11 heteroatoms. The minimum Gasteiger partial charge on any atom is -0.372 e. The molecule has 1 fully saturated rings. The number of alkyl halides is 6. The van der Waals surface area contributed by atoms with Gasteiger partial charge in [-0.15, -0.1) is 0 Å². The van der Waals surface area contributed by atoms with E-state index in [4.69, 9.17) is 16.2 Å². The van der Waals surface area contributed by atoms with Crippen LogP contribution in [0.3, 0.4) is 0 Å². The van der Waals surface area contributed by atoms with Crippen molar-refractivity contribution in [2.45, 2.75) is 43.8 Å². The Balaban J connectivity index is 1.97. The van der Waals surface area contributed by atoms with Crippen LogP contribution in [-0.4, -0.2) is 37.0 Å². The van der Waals surface area contributed by atoms with E-state index >= 15 is 0 Å². The van der Waals surface area contributed by atoms with E-state index in [1.165, 1.54) is 6.92 Å². The monoisotopic (exact) mass is 517 g/mol. The Morgan fingerprint density at radius 3 is 2.17 bits per heavy atom. The highest BCUT2D eigenvalue weighted by Crippen LogP contribution is 2.42. The number of carbonyl (C=O) groups excluding carboxylic acids is 1. The molecule has 1 aliphatic rings. The molecule has 0 aromatic heterocycles. The topological polar surface area (TPSA) is 81.6 Å². The Labute approximate surface area is 205 Å². The normalized spacial score (nSPS) is 22.4. The summed E-state index contributed by atoms with van der Waals surface area (Å²) in [4.78, 5) is 13.8. The molecule has 0 bridgehead atoms. The summed E-state index contributed by atoms with van der Waals surface area (Å²) < 4.78 is 86.0. The Morgan fingerprint density at radius 2 is 1.67 bits per heavy atom. The van der Waals surface area contributed by atoms with Gasteiger partial charge in [0.1, 0.15) is 0 Å². The first-order chi connectivity index (χ1) is 16.8. The molecule has 2 aromatic carbocycles. The lowest BCUT2D eigenvalue weighted by atomic mass is 9.77. The highest BCUT2D eigenvalue weighted by atomic mass is 19.4. The number of rotatable bonds is 8. The lowest BCUT2D eigenvalue weighted by Gasteiger charge is -2.49. The average molecular weight is 518 g/mol. The van der Waals surface area contributed by atoms with E-state index in [0.717, 1.165) is 5.56 Å². The fourth-order valence-corrected chi connectivity index (χ4v) is 4.67. The van der Waals surface area contributed by atoms with E-state index in [0.29, 0.717) is 38.1 Å². The maximum atomic E-state index is 13.3. The number of likely N-dealkylation sites (tertiary alicyclic amines) is 1.